The van der Waals surface area contributed by atoms with E-state index in [2.05, 4.69) is 5.32 Å². The monoisotopic (exact) mass is 253 g/mol. The third-order valence-corrected chi connectivity index (χ3v) is 2.38. The summed E-state index contributed by atoms with van der Waals surface area (Å²) in [4.78, 5) is 0. The maximum Gasteiger partial charge on any atom is 0.161 e. The highest BCUT2D eigenvalue weighted by atomic mass is 16.5. The third kappa shape index (κ3) is 4.94. The average Bonchev–Trinajstić information content (AvgIpc) is 2.32. The molecule has 0 saturated heterocycles. The minimum atomic E-state index is -0.334. The van der Waals surface area contributed by atoms with Gasteiger partial charge in [0.25, 0.3) is 0 Å². The van der Waals surface area contributed by atoms with Crippen molar-refractivity contribution in [3.8, 4) is 11.5 Å². The van der Waals surface area contributed by atoms with Crippen LogP contribution in [0.4, 0.5) is 0 Å². The highest BCUT2D eigenvalue weighted by molar-refractivity contribution is 5.43. The van der Waals surface area contributed by atoms with Crippen molar-refractivity contribution in [1.29, 1.82) is 0 Å². The van der Waals surface area contributed by atoms with Crippen LogP contribution in [0.15, 0.2) is 18.2 Å². The van der Waals surface area contributed by atoms with Crippen molar-refractivity contribution < 1.29 is 14.6 Å². The topological polar surface area (TPSA) is 50.7 Å². The SMILES string of the molecule is CCOc1ccc(CNC[C@@H](C)O)cc1OCC. The van der Waals surface area contributed by atoms with Crippen molar-refractivity contribution in [2.45, 2.75) is 33.4 Å². The second-order valence-corrected chi connectivity index (χ2v) is 4.13. The van der Waals surface area contributed by atoms with Gasteiger partial charge in [0, 0.05) is 13.1 Å². The summed E-state index contributed by atoms with van der Waals surface area (Å²) in [6.45, 7) is 8.19. The number of aliphatic hydroxyl groups is 1. The van der Waals surface area contributed by atoms with Crippen molar-refractivity contribution in [2.75, 3.05) is 19.8 Å². The van der Waals surface area contributed by atoms with Crippen molar-refractivity contribution in [2.24, 2.45) is 0 Å². The highest BCUT2D eigenvalue weighted by Crippen LogP contribution is 2.28. The fourth-order valence-corrected chi connectivity index (χ4v) is 1.63. The van der Waals surface area contributed by atoms with E-state index in [0.29, 0.717) is 26.3 Å². The first-order valence-corrected chi connectivity index (χ1v) is 6.44. The molecule has 0 bridgehead atoms. The summed E-state index contributed by atoms with van der Waals surface area (Å²) in [5, 5.41) is 12.4. The number of hydrogen-bond acceptors (Lipinski definition) is 4. The van der Waals surface area contributed by atoms with Gasteiger partial charge in [-0.25, -0.2) is 0 Å². The molecule has 18 heavy (non-hydrogen) atoms. The van der Waals surface area contributed by atoms with E-state index < -0.39 is 0 Å². The molecule has 0 radical (unpaired) electrons. The Bertz CT molecular complexity index is 353. The van der Waals surface area contributed by atoms with E-state index in [4.69, 9.17) is 9.47 Å². The summed E-state index contributed by atoms with van der Waals surface area (Å²) >= 11 is 0. The standard InChI is InChI=1S/C14H23NO3/c1-4-17-13-7-6-12(8-14(13)18-5-2)10-15-9-11(3)16/h6-8,11,15-16H,4-5,9-10H2,1-3H3/t11-/m1/s1. The molecule has 0 aliphatic carbocycles. The minimum Gasteiger partial charge on any atom is -0.490 e. The molecule has 0 heterocycles. The molecule has 0 saturated carbocycles. The molecule has 0 aliphatic heterocycles. The smallest absolute Gasteiger partial charge is 0.161 e. The van der Waals surface area contributed by atoms with E-state index in [1.165, 1.54) is 0 Å². The molecule has 2 N–H and O–H groups in total. The number of hydrogen-bond donors (Lipinski definition) is 2. The Morgan fingerprint density at radius 2 is 1.83 bits per heavy atom. The van der Waals surface area contributed by atoms with Gasteiger partial charge >= 0.3 is 0 Å². The van der Waals surface area contributed by atoms with Crippen LogP contribution >= 0.6 is 0 Å². The highest BCUT2D eigenvalue weighted by Gasteiger charge is 2.06. The van der Waals surface area contributed by atoms with Gasteiger partial charge in [0.15, 0.2) is 11.5 Å². The Hall–Kier alpha value is -1.26. The first-order valence-electron chi connectivity index (χ1n) is 6.44. The second kappa shape index (κ2) is 7.95. The predicted octanol–water partition coefficient (Wildman–Crippen LogP) is 1.95. The van der Waals surface area contributed by atoms with E-state index in [0.717, 1.165) is 17.1 Å². The van der Waals surface area contributed by atoms with Gasteiger partial charge in [-0.05, 0) is 38.5 Å². The van der Waals surface area contributed by atoms with Crippen molar-refractivity contribution in [3.05, 3.63) is 23.8 Å². The molecule has 0 aliphatic rings. The molecule has 1 aromatic rings. The predicted molar refractivity (Wildman–Crippen MR) is 72.2 cm³/mol. The molecule has 4 nitrogen and oxygen atoms in total. The van der Waals surface area contributed by atoms with E-state index in [-0.39, 0.29) is 6.10 Å². The van der Waals surface area contributed by atoms with Gasteiger partial charge in [0.05, 0.1) is 19.3 Å². The van der Waals surface area contributed by atoms with Gasteiger partial charge in [0.1, 0.15) is 0 Å². The normalized spacial score (nSPS) is 12.2. The Morgan fingerprint density at radius 3 is 2.44 bits per heavy atom. The van der Waals surface area contributed by atoms with E-state index >= 15 is 0 Å². The summed E-state index contributed by atoms with van der Waals surface area (Å²) in [5.74, 6) is 1.55. The Balaban J connectivity index is 2.66. The lowest BCUT2D eigenvalue weighted by molar-refractivity contribution is 0.191. The minimum absolute atomic E-state index is 0.334. The summed E-state index contributed by atoms with van der Waals surface area (Å²) in [6, 6.07) is 5.90. The van der Waals surface area contributed by atoms with Gasteiger partial charge in [-0.1, -0.05) is 6.07 Å². The number of ether oxygens (including phenoxy) is 2. The Kier molecular flexibility index (Phi) is 6.54. The van der Waals surface area contributed by atoms with Crippen LogP contribution < -0.4 is 14.8 Å². The molecule has 0 spiro atoms. The molecule has 0 unspecified atom stereocenters. The van der Waals surface area contributed by atoms with Crippen LogP contribution in [0.25, 0.3) is 0 Å². The van der Waals surface area contributed by atoms with Gasteiger partial charge < -0.3 is 19.9 Å². The number of benzene rings is 1. The molecule has 0 amide bonds. The van der Waals surface area contributed by atoms with Crippen LogP contribution in [0, 0.1) is 0 Å². The van der Waals surface area contributed by atoms with Crippen molar-refractivity contribution in [1.82, 2.24) is 5.32 Å². The number of rotatable bonds is 8. The molecule has 4 heteroatoms. The zero-order valence-electron chi connectivity index (χ0n) is 11.4. The van der Waals surface area contributed by atoms with E-state index in [1.807, 2.05) is 32.0 Å². The Morgan fingerprint density at radius 1 is 1.17 bits per heavy atom. The summed E-state index contributed by atoms with van der Waals surface area (Å²) < 4.78 is 11.1. The van der Waals surface area contributed by atoms with Crippen LogP contribution in [0.3, 0.4) is 0 Å². The fourth-order valence-electron chi connectivity index (χ4n) is 1.63. The summed E-state index contributed by atoms with van der Waals surface area (Å²) in [5.41, 5.74) is 1.11. The van der Waals surface area contributed by atoms with Gasteiger partial charge in [-0.15, -0.1) is 0 Å². The summed E-state index contributed by atoms with van der Waals surface area (Å²) in [7, 11) is 0. The third-order valence-electron chi connectivity index (χ3n) is 2.38. The number of aliphatic hydroxyl groups excluding tert-OH is 1. The zero-order valence-corrected chi connectivity index (χ0v) is 11.4. The second-order valence-electron chi connectivity index (χ2n) is 4.13. The lowest BCUT2D eigenvalue weighted by atomic mass is 10.2. The molecule has 102 valence electrons. The number of nitrogens with one attached hydrogen (secondary N) is 1. The molecule has 0 fully saturated rings. The lowest BCUT2D eigenvalue weighted by Crippen LogP contribution is -2.23. The summed E-state index contributed by atoms with van der Waals surface area (Å²) in [6.07, 6.45) is -0.334. The van der Waals surface area contributed by atoms with Crippen LogP contribution in [0.1, 0.15) is 26.3 Å². The van der Waals surface area contributed by atoms with Crippen molar-refractivity contribution in [3.63, 3.8) is 0 Å². The van der Waals surface area contributed by atoms with Crippen molar-refractivity contribution >= 4 is 0 Å². The molecule has 1 rings (SSSR count). The van der Waals surface area contributed by atoms with Crippen LogP contribution in [-0.4, -0.2) is 31.0 Å². The van der Waals surface area contributed by atoms with E-state index in [9.17, 15) is 5.11 Å². The zero-order chi connectivity index (χ0) is 13.4. The van der Waals surface area contributed by atoms with Crippen LogP contribution in [0.2, 0.25) is 0 Å². The van der Waals surface area contributed by atoms with Crippen LogP contribution in [0.5, 0.6) is 11.5 Å². The van der Waals surface area contributed by atoms with Gasteiger partial charge in [0.2, 0.25) is 0 Å². The molecule has 1 atom stereocenters. The lowest BCUT2D eigenvalue weighted by Gasteiger charge is -2.13. The fraction of sp³-hybridized carbons (Fsp3) is 0.571. The van der Waals surface area contributed by atoms with E-state index in [1.54, 1.807) is 6.92 Å². The molecular formula is C14H23NO3. The first kappa shape index (κ1) is 14.8. The van der Waals surface area contributed by atoms with Crippen LogP contribution in [-0.2, 0) is 6.54 Å². The maximum absolute atomic E-state index is 9.18. The van der Waals surface area contributed by atoms with Gasteiger partial charge in [-0.3, -0.25) is 0 Å². The molecule has 0 aromatic heterocycles. The average molecular weight is 253 g/mol. The molecule has 1 aromatic carbocycles. The largest absolute Gasteiger partial charge is 0.490 e. The van der Waals surface area contributed by atoms with Gasteiger partial charge in [-0.2, -0.15) is 0 Å². The Labute approximate surface area is 109 Å². The maximum atomic E-state index is 9.18. The first-order chi connectivity index (χ1) is 8.67. The molecular weight excluding hydrogens is 230 g/mol. The quantitative estimate of drug-likeness (QED) is 0.743.